The number of nitrogen functional groups attached to an aromatic ring is 1. The lowest BCUT2D eigenvalue weighted by Crippen LogP contribution is -2.15. The molecule has 146 valence electrons. The Morgan fingerprint density at radius 1 is 1.24 bits per heavy atom. The van der Waals surface area contributed by atoms with E-state index in [1.165, 1.54) is 13.2 Å². The molecule has 4 rings (SSSR count). The molecule has 4 aromatic rings. The van der Waals surface area contributed by atoms with Gasteiger partial charge in [0.2, 0.25) is 11.6 Å². The van der Waals surface area contributed by atoms with Crippen molar-refractivity contribution in [1.82, 2.24) is 29.9 Å². The van der Waals surface area contributed by atoms with Gasteiger partial charge in [0.05, 0.1) is 19.0 Å². The van der Waals surface area contributed by atoms with Gasteiger partial charge in [-0.1, -0.05) is 18.2 Å². The number of benzene rings is 1. The topological polar surface area (TPSA) is 134 Å². The lowest BCUT2D eigenvalue weighted by atomic mass is 10.2. The molecule has 0 aliphatic rings. The lowest BCUT2D eigenvalue weighted by molar-refractivity contribution is 0.187. The van der Waals surface area contributed by atoms with Crippen molar-refractivity contribution in [3.63, 3.8) is 0 Å². The SMILES string of the molecule is COC(=O)Nc1nnc(-c2nn(Cc3ccccc3F)c3ncccc23)nc1N. The number of pyridine rings is 1. The van der Waals surface area contributed by atoms with E-state index in [2.05, 4.69) is 35.3 Å². The number of nitrogens with one attached hydrogen (secondary N) is 1. The molecule has 0 atom stereocenters. The molecule has 0 aliphatic heterocycles. The van der Waals surface area contributed by atoms with E-state index < -0.39 is 6.09 Å². The number of hydrogen-bond donors (Lipinski definition) is 2. The van der Waals surface area contributed by atoms with E-state index in [1.54, 1.807) is 41.2 Å². The first kappa shape index (κ1) is 18.2. The molecule has 0 saturated carbocycles. The highest BCUT2D eigenvalue weighted by molar-refractivity contribution is 5.90. The second kappa shape index (κ2) is 7.46. The van der Waals surface area contributed by atoms with E-state index in [-0.39, 0.29) is 29.8 Å². The van der Waals surface area contributed by atoms with Gasteiger partial charge in [0, 0.05) is 11.8 Å². The number of carbonyl (C=O) groups is 1. The van der Waals surface area contributed by atoms with Gasteiger partial charge in [-0.05, 0) is 18.2 Å². The molecule has 1 aromatic carbocycles. The van der Waals surface area contributed by atoms with Crippen molar-refractivity contribution in [1.29, 1.82) is 0 Å². The van der Waals surface area contributed by atoms with Crippen LogP contribution < -0.4 is 11.1 Å². The number of ether oxygens (including phenoxy) is 1. The number of anilines is 2. The van der Waals surface area contributed by atoms with Crippen molar-refractivity contribution >= 4 is 28.8 Å². The minimum absolute atomic E-state index is 0.0335. The first-order chi connectivity index (χ1) is 14.1. The first-order valence-electron chi connectivity index (χ1n) is 8.47. The Morgan fingerprint density at radius 3 is 2.83 bits per heavy atom. The highest BCUT2D eigenvalue weighted by Gasteiger charge is 2.19. The zero-order valence-corrected chi connectivity index (χ0v) is 15.2. The summed E-state index contributed by atoms with van der Waals surface area (Å²) in [5, 5.41) is 15.3. The molecular weight excluding hydrogens is 379 g/mol. The lowest BCUT2D eigenvalue weighted by Gasteiger charge is -2.05. The molecule has 0 unspecified atom stereocenters. The summed E-state index contributed by atoms with van der Waals surface area (Å²) < 4.78 is 20.1. The second-order valence-corrected chi connectivity index (χ2v) is 5.96. The van der Waals surface area contributed by atoms with Crippen molar-refractivity contribution in [2.45, 2.75) is 6.54 Å². The minimum Gasteiger partial charge on any atom is -0.453 e. The van der Waals surface area contributed by atoms with Crippen molar-refractivity contribution < 1.29 is 13.9 Å². The van der Waals surface area contributed by atoms with Crippen molar-refractivity contribution in [3.05, 3.63) is 54.0 Å². The standard InChI is InChI=1S/C18H15FN8O2/c1-29-18(28)23-16-14(20)22-15(24-25-16)13-11-6-4-8-21-17(11)27(26-13)9-10-5-2-3-7-12(10)19/h2-8H,9H2,1H3,(H2,20,22,24)(H,23,25,28). The molecule has 0 aliphatic carbocycles. The molecule has 3 heterocycles. The summed E-state index contributed by atoms with van der Waals surface area (Å²) in [6.07, 6.45) is 0.868. The molecule has 10 nitrogen and oxygen atoms in total. The van der Waals surface area contributed by atoms with Crippen molar-refractivity contribution in [2.24, 2.45) is 0 Å². The monoisotopic (exact) mass is 394 g/mol. The third kappa shape index (κ3) is 3.52. The molecular formula is C18H15FN8O2. The van der Waals surface area contributed by atoms with E-state index in [4.69, 9.17) is 5.73 Å². The zero-order chi connectivity index (χ0) is 20.4. The summed E-state index contributed by atoms with van der Waals surface area (Å²) in [6.45, 7) is 0.172. The van der Waals surface area contributed by atoms with Gasteiger partial charge in [0.25, 0.3) is 0 Å². The number of methoxy groups -OCH3 is 1. The average Bonchev–Trinajstić information content (AvgIpc) is 3.10. The number of amides is 1. The van der Waals surface area contributed by atoms with Crippen LogP contribution in [-0.4, -0.2) is 43.1 Å². The predicted octanol–water partition coefficient (Wildman–Crippen LogP) is 2.23. The van der Waals surface area contributed by atoms with Gasteiger partial charge in [-0.2, -0.15) is 5.10 Å². The smallest absolute Gasteiger partial charge is 0.412 e. The van der Waals surface area contributed by atoms with Crippen LogP contribution in [0.2, 0.25) is 0 Å². The van der Waals surface area contributed by atoms with Gasteiger partial charge < -0.3 is 10.5 Å². The number of rotatable bonds is 4. The molecule has 3 aromatic heterocycles. The van der Waals surface area contributed by atoms with Crippen LogP contribution in [0.5, 0.6) is 0 Å². The Balaban J connectivity index is 1.76. The fraction of sp³-hybridized carbons (Fsp3) is 0.111. The number of halogens is 1. The van der Waals surface area contributed by atoms with Crippen LogP contribution in [0.3, 0.4) is 0 Å². The number of aromatic nitrogens is 6. The Morgan fingerprint density at radius 2 is 2.07 bits per heavy atom. The number of fused-ring (bicyclic) bond motifs is 1. The summed E-state index contributed by atoms with van der Waals surface area (Å²) in [6, 6.07) is 9.97. The largest absolute Gasteiger partial charge is 0.453 e. The number of hydrogen-bond acceptors (Lipinski definition) is 8. The van der Waals surface area contributed by atoms with E-state index in [0.29, 0.717) is 22.3 Å². The summed E-state index contributed by atoms with van der Waals surface area (Å²) in [5.74, 6) is -0.285. The first-order valence-corrected chi connectivity index (χ1v) is 8.47. The molecule has 0 saturated heterocycles. The molecule has 0 spiro atoms. The Labute approximate surface area is 163 Å². The van der Waals surface area contributed by atoms with Crippen LogP contribution in [0.25, 0.3) is 22.6 Å². The number of carbonyl (C=O) groups excluding carboxylic acids is 1. The molecule has 0 bridgehead atoms. The molecule has 1 amide bonds. The summed E-state index contributed by atoms with van der Waals surface area (Å²) in [5.41, 5.74) is 7.25. The maximum atomic E-state index is 14.1. The average molecular weight is 394 g/mol. The number of nitrogens with two attached hydrogens (primary N) is 1. The van der Waals surface area contributed by atoms with Crippen LogP contribution >= 0.6 is 0 Å². The fourth-order valence-corrected chi connectivity index (χ4v) is 2.75. The molecule has 0 fully saturated rings. The van der Waals surface area contributed by atoms with Crippen LogP contribution in [0.1, 0.15) is 5.56 Å². The summed E-state index contributed by atoms with van der Waals surface area (Å²) >= 11 is 0. The minimum atomic E-state index is -0.746. The highest BCUT2D eigenvalue weighted by Crippen LogP contribution is 2.26. The Bertz CT molecular complexity index is 1210. The van der Waals surface area contributed by atoms with E-state index in [0.717, 1.165) is 0 Å². The summed E-state index contributed by atoms with van der Waals surface area (Å²) in [4.78, 5) is 19.8. The van der Waals surface area contributed by atoms with Gasteiger partial charge in [-0.15, -0.1) is 10.2 Å². The third-order valence-electron chi connectivity index (χ3n) is 4.12. The molecule has 11 heteroatoms. The van der Waals surface area contributed by atoms with Crippen LogP contribution in [-0.2, 0) is 11.3 Å². The molecule has 3 N–H and O–H groups in total. The molecule has 0 radical (unpaired) electrons. The quantitative estimate of drug-likeness (QED) is 0.538. The fourth-order valence-electron chi connectivity index (χ4n) is 2.75. The van der Waals surface area contributed by atoms with Gasteiger partial charge in [-0.25, -0.2) is 23.8 Å². The zero-order valence-electron chi connectivity index (χ0n) is 15.2. The van der Waals surface area contributed by atoms with Crippen LogP contribution in [0, 0.1) is 5.82 Å². The Kier molecular flexibility index (Phi) is 4.69. The second-order valence-electron chi connectivity index (χ2n) is 5.96. The summed E-state index contributed by atoms with van der Waals surface area (Å²) in [7, 11) is 1.21. The van der Waals surface area contributed by atoms with Crippen molar-refractivity contribution in [2.75, 3.05) is 18.2 Å². The van der Waals surface area contributed by atoms with E-state index >= 15 is 0 Å². The van der Waals surface area contributed by atoms with Gasteiger partial charge in [0.15, 0.2) is 11.5 Å². The van der Waals surface area contributed by atoms with E-state index in [1.807, 2.05) is 0 Å². The normalized spacial score (nSPS) is 10.8. The maximum absolute atomic E-state index is 14.1. The third-order valence-corrected chi connectivity index (χ3v) is 4.12. The van der Waals surface area contributed by atoms with Gasteiger partial charge in [0.1, 0.15) is 11.5 Å². The van der Waals surface area contributed by atoms with E-state index in [9.17, 15) is 9.18 Å². The highest BCUT2D eigenvalue weighted by atomic mass is 19.1. The van der Waals surface area contributed by atoms with Crippen LogP contribution in [0.4, 0.5) is 20.8 Å². The van der Waals surface area contributed by atoms with Gasteiger partial charge >= 0.3 is 6.09 Å². The molecule has 29 heavy (non-hydrogen) atoms. The number of nitrogens with zero attached hydrogens (tertiary/aromatic N) is 6. The maximum Gasteiger partial charge on any atom is 0.412 e. The van der Waals surface area contributed by atoms with Crippen molar-refractivity contribution in [3.8, 4) is 11.5 Å². The predicted molar refractivity (Wildman–Crippen MR) is 102 cm³/mol. The Hall–Kier alpha value is -4.15. The van der Waals surface area contributed by atoms with Crippen LogP contribution in [0.15, 0.2) is 42.6 Å². The van der Waals surface area contributed by atoms with Gasteiger partial charge in [-0.3, -0.25) is 5.32 Å².